The van der Waals surface area contributed by atoms with Crippen molar-refractivity contribution in [3.8, 4) is 0 Å². The molecule has 0 saturated carbocycles. The summed E-state index contributed by atoms with van der Waals surface area (Å²) >= 11 is 0. The van der Waals surface area contributed by atoms with Gasteiger partial charge >= 0.3 is 6.18 Å². The van der Waals surface area contributed by atoms with Crippen LogP contribution >= 0.6 is 0 Å². The summed E-state index contributed by atoms with van der Waals surface area (Å²) in [6.07, 6.45) is -2.58. The quantitative estimate of drug-likeness (QED) is 0.788. The van der Waals surface area contributed by atoms with Crippen molar-refractivity contribution in [2.45, 2.75) is 45.5 Å². The number of hydrogen-bond donors (Lipinski definition) is 1. The highest BCUT2D eigenvalue weighted by atomic mass is 19.4. The van der Waals surface area contributed by atoms with Crippen LogP contribution in [0.4, 0.5) is 17.6 Å². The van der Waals surface area contributed by atoms with Crippen LogP contribution in [0.5, 0.6) is 0 Å². The van der Waals surface area contributed by atoms with Crippen LogP contribution in [-0.2, 0) is 12.7 Å². The van der Waals surface area contributed by atoms with E-state index < -0.39 is 17.6 Å². The fraction of sp³-hybridized carbons (Fsp3) is 0.538. The van der Waals surface area contributed by atoms with Gasteiger partial charge in [-0.1, -0.05) is 13.3 Å². The summed E-state index contributed by atoms with van der Waals surface area (Å²) in [4.78, 5) is 0. The van der Waals surface area contributed by atoms with Crippen molar-refractivity contribution >= 4 is 0 Å². The third-order valence-electron chi connectivity index (χ3n) is 2.66. The molecule has 1 rings (SSSR count). The topological polar surface area (TPSA) is 12.0 Å². The molecule has 0 spiro atoms. The van der Waals surface area contributed by atoms with Crippen molar-refractivity contribution in [3.63, 3.8) is 0 Å². The lowest BCUT2D eigenvalue weighted by molar-refractivity contribution is -0.137. The molecule has 18 heavy (non-hydrogen) atoms. The maximum absolute atomic E-state index is 13.1. The number of benzene rings is 1. The molecule has 0 saturated heterocycles. The van der Waals surface area contributed by atoms with Gasteiger partial charge in [0.25, 0.3) is 0 Å². The second-order valence-electron chi connectivity index (χ2n) is 4.42. The molecule has 0 aliphatic heterocycles. The smallest absolute Gasteiger partial charge is 0.310 e. The fourth-order valence-electron chi connectivity index (χ4n) is 1.74. The predicted molar refractivity (Wildman–Crippen MR) is 62.6 cm³/mol. The Hall–Kier alpha value is -1.10. The van der Waals surface area contributed by atoms with Crippen molar-refractivity contribution in [2.24, 2.45) is 0 Å². The summed E-state index contributed by atoms with van der Waals surface area (Å²) in [6.45, 7) is 4.22. The Morgan fingerprint density at radius 1 is 1.22 bits per heavy atom. The molecule has 0 heterocycles. The first-order chi connectivity index (χ1) is 8.32. The zero-order valence-electron chi connectivity index (χ0n) is 10.4. The highest BCUT2D eigenvalue weighted by molar-refractivity contribution is 5.26. The number of alkyl halides is 3. The highest BCUT2D eigenvalue weighted by Gasteiger charge is 2.31. The van der Waals surface area contributed by atoms with Crippen LogP contribution in [0.1, 0.15) is 37.8 Å². The van der Waals surface area contributed by atoms with Gasteiger partial charge in [0.05, 0.1) is 5.56 Å². The molecule has 1 unspecified atom stereocenters. The zero-order chi connectivity index (χ0) is 13.8. The van der Waals surface area contributed by atoms with Crippen molar-refractivity contribution in [2.75, 3.05) is 0 Å². The molecular formula is C13H17F4N. The van der Waals surface area contributed by atoms with Gasteiger partial charge in [0.1, 0.15) is 5.82 Å². The Morgan fingerprint density at radius 3 is 2.44 bits per heavy atom. The van der Waals surface area contributed by atoms with E-state index in [0.29, 0.717) is 11.6 Å². The Kier molecular flexibility index (Phi) is 5.14. The van der Waals surface area contributed by atoms with Gasteiger partial charge in [0.2, 0.25) is 0 Å². The summed E-state index contributed by atoms with van der Waals surface area (Å²) in [7, 11) is 0. The lowest BCUT2D eigenvalue weighted by Gasteiger charge is -2.14. The van der Waals surface area contributed by atoms with E-state index in [1.807, 2.05) is 13.8 Å². The molecule has 102 valence electrons. The maximum atomic E-state index is 13.1. The third kappa shape index (κ3) is 4.64. The maximum Gasteiger partial charge on any atom is 0.416 e. The first-order valence-electron chi connectivity index (χ1n) is 5.93. The molecule has 0 bridgehead atoms. The summed E-state index contributed by atoms with van der Waals surface area (Å²) in [6, 6.07) is 2.82. The monoisotopic (exact) mass is 263 g/mol. The summed E-state index contributed by atoms with van der Waals surface area (Å²) in [5, 5.41) is 3.07. The number of hydrogen-bond acceptors (Lipinski definition) is 1. The molecular weight excluding hydrogens is 246 g/mol. The lowest BCUT2D eigenvalue weighted by atomic mass is 10.1. The molecule has 1 nitrogen and oxygen atoms in total. The summed E-state index contributed by atoms with van der Waals surface area (Å²) in [5.74, 6) is -0.857. The van der Waals surface area contributed by atoms with E-state index in [9.17, 15) is 17.6 Å². The van der Waals surface area contributed by atoms with Crippen molar-refractivity contribution in [3.05, 3.63) is 35.1 Å². The Labute approximate surface area is 104 Å². The molecule has 1 aromatic carbocycles. The number of halogens is 4. The first kappa shape index (κ1) is 15.0. The number of rotatable bonds is 5. The number of nitrogens with one attached hydrogen (secondary N) is 1. The van der Waals surface area contributed by atoms with Gasteiger partial charge < -0.3 is 5.32 Å². The molecule has 1 N–H and O–H groups in total. The average Bonchev–Trinajstić information content (AvgIpc) is 2.25. The van der Waals surface area contributed by atoms with Crippen LogP contribution in [0, 0.1) is 5.82 Å². The molecule has 0 fully saturated rings. The minimum atomic E-state index is -4.51. The van der Waals surface area contributed by atoms with Crippen molar-refractivity contribution in [1.29, 1.82) is 0 Å². The van der Waals surface area contributed by atoms with E-state index in [1.54, 1.807) is 0 Å². The lowest BCUT2D eigenvalue weighted by Crippen LogP contribution is -2.25. The molecule has 5 heteroatoms. The largest absolute Gasteiger partial charge is 0.416 e. The molecule has 0 aliphatic rings. The van der Waals surface area contributed by atoms with E-state index in [1.165, 1.54) is 0 Å². The van der Waals surface area contributed by atoms with Crippen LogP contribution in [-0.4, -0.2) is 6.04 Å². The van der Waals surface area contributed by atoms with Crippen LogP contribution in [0.2, 0.25) is 0 Å². The van der Waals surface area contributed by atoms with E-state index in [2.05, 4.69) is 5.32 Å². The van der Waals surface area contributed by atoms with Gasteiger partial charge in [-0.05, 0) is 37.1 Å². The van der Waals surface area contributed by atoms with Gasteiger partial charge in [0.15, 0.2) is 0 Å². The summed E-state index contributed by atoms with van der Waals surface area (Å²) < 4.78 is 50.5. The zero-order valence-corrected chi connectivity index (χ0v) is 10.4. The first-order valence-corrected chi connectivity index (χ1v) is 5.93. The van der Waals surface area contributed by atoms with E-state index in [-0.39, 0.29) is 12.6 Å². The summed E-state index contributed by atoms with van der Waals surface area (Å²) in [5.41, 5.74) is -0.632. The van der Waals surface area contributed by atoms with E-state index in [4.69, 9.17) is 0 Å². The molecule has 0 aromatic heterocycles. The van der Waals surface area contributed by atoms with Gasteiger partial charge in [-0.2, -0.15) is 13.2 Å². The molecule has 1 atom stereocenters. The molecule has 0 aliphatic carbocycles. The van der Waals surface area contributed by atoms with Crippen LogP contribution in [0.3, 0.4) is 0 Å². The van der Waals surface area contributed by atoms with Crippen molar-refractivity contribution in [1.82, 2.24) is 5.32 Å². The van der Waals surface area contributed by atoms with E-state index >= 15 is 0 Å². The minimum Gasteiger partial charge on any atom is -0.310 e. The Morgan fingerprint density at radius 2 is 1.89 bits per heavy atom. The SMILES string of the molecule is CCCC(C)NCc1cc(F)cc(C(F)(F)F)c1. The Bertz CT molecular complexity index is 387. The second kappa shape index (κ2) is 6.18. The van der Waals surface area contributed by atoms with Gasteiger partial charge in [0, 0.05) is 12.6 Å². The van der Waals surface area contributed by atoms with Crippen LogP contribution in [0.25, 0.3) is 0 Å². The normalized spacial score (nSPS) is 13.7. The Balaban J connectivity index is 2.75. The van der Waals surface area contributed by atoms with Gasteiger partial charge in [-0.25, -0.2) is 4.39 Å². The van der Waals surface area contributed by atoms with Gasteiger partial charge in [-0.15, -0.1) is 0 Å². The van der Waals surface area contributed by atoms with Crippen LogP contribution in [0.15, 0.2) is 18.2 Å². The average molecular weight is 263 g/mol. The molecule has 0 radical (unpaired) electrons. The second-order valence-corrected chi connectivity index (χ2v) is 4.42. The van der Waals surface area contributed by atoms with Crippen LogP contribution < -0.4 is 5.32 Å². The third-order valence-corrected chi connectivity index (χ3v) is 2.66. The molecule has 1 aromatic rings. The highest BCUT2D eigenvalue weighted by Crippen LogP contribution is 2.30. The van der Waals surface area contributed by atoms with E-state index in [0.717, 1.165) is 25.0 Å². The standard InChI is InChI=1S/C13H17F4N/c1-3-4-9(2)18-8-10-5-11(13(15,16)17)7-12(14)6-10/h5-7,9,18H,3-4,8H2,1-2H3. The van der Waals surface area contributed by atoms with Crippen molar-refractivity contribution < 1.29 is 17.6 Å². The predicted octanol–water partition coefficient (Wildman–Crippen LogP) is 4.12. The molecule has 0 amide bonds. The minimum absolute atomic E-state index is 0.201. The fourth-order valence-corrected chi connectivity index (χ4v) is 1.74. The van der Waals surface area contributed by atoms with Gasteiger partial charge in [-0.3, -0.25) is 0 Å².